The van der Waals surface area contributed by atoms with Gasteiger partial charge < -0.3 is 5.32 Å². The molecule has 2 nitrogen and oxygen atoms in total. The molecule has 1 amide bonds. The lowest BCUT2D eigenvalue weighted by atomic mass is 10.1. The third-order valence-electron chi connectivity index (χ3n) is 2.84. The lowest BCUT2D eigenvalue weighted by Crippen LogP contribution is -2.29. The van der Waals surface area contributed by atoms with Crippen LogP contribution < -0.4 is 5.32 Å². The van der Waals surface area contributed by atoms with Crippen LogP contribution in [-0.2, 0) is 0 Å². The van der Waals surface area contributed by atoms with E-state index in [-0.39, 0.29) is 22.9 Å². The lowest BCUT2D eigenvalue weighted by Gasteiger charge is -2.16. The molecule has 0 aromatic heterocycles. The van der Waals surface area contributed by atoms with Crippen molar-refractivity contribution in [1.29, 1.82) is 0 Å². The Morgan fingerprint density at radius 3 is 2.50 bits per heavy atom. The number of rotatable bonds is 4. The van der Waals surface area contributed by atoms with Crippen LogP contribution in [0.5, 0.6) is 0 Å². The molecule has 0 radical (unpaired) electrons. The summed E-state index contributed by atoms with van der Waals surface area (Å²) in [5.74, 6) is -0.661. The summed E-state index contributed by atoms with van der Waals surface area (Å²) in [5, 5.41) is 2.71. The van der Waals surface area contributed by atoms with Crippen LogP contribution >= 0.6 is 23.2 Å². The van der Waals surface area contributed by atoms with E-state index in [1.165, 1.54) is 12.1 Å². The Hall–Kier alpha value is -1.58. The maximum Gasteiger partial charge on any atom is 0.251 e. The molecule has 0 heterocycles. The predicted octanol–water partition coefficient (Wildman–Crippen LogP) is 4.19. The van der Waals surface area contributed by atoms with Crippen molar-refractivity contribution < 1.29 is 9.18 Å². The van der Waals surface area contributed by atoms with Crippen LogP contribution in [0.25, 0.3) is 0 Å². The second-order valence-corrected chi connectivity index (χ2v) is 4.94. The Bertz CT molecular complexity index is 604. The van der Waals surface area contributed by atoms with Crippen molar-refractivity contribution in [3.63, 3.8) is 0 Å². The predicted molar refractivity (Wildman–Crippen MR) is 78.8 cm³/mol. The number of hydrogen-bond donors (Lipinski definition) is 1. The number of alkyl halides is 1. The van der Waals surface area contributed by atoms with Gasteiger partial charge in [0, 0.05) is 11.4 Å². The van der Waals surface area contributed by atoms with Gasteiger partial charge in [-0.2, -0.15) is 0 Å². The minimum Gasteiger partial charge on any atom is -0.344 e. The molecule has 0 aliphatic carbocycles. The van der Waals surface area contributed by atoms with E-state index in [1.807, 2.05) is 30.3 Å². The van der Waals surface area contributed by atoms with E-state index < -0.39 is 5.82 Å². The van der Waals surface area contributed by atoms with E-state index in [4.69, 9.17) is 23.2 Å². The van der Waals surface area contributed by atoms with E-state index in [0.717, 1.165) is 11.6 Å². The summed E-state index contributed by atoms with van der Waals surface area (Å²) in [6.07, 6.45) is 0. The number of carbonyl (C=O) groups excluding carboxylic acids is 1. The van der Waals surface area contributed by atoms with Crippen molar-refractivity contribution in [2.75, 3.05) is 5.88 Å². The summed E-state index contributed by atoms with van der Waals surface area (Å²) in [7, 11) is 0. The van der Waals surface area contributed by atoms with Gasteiger partial charge in [-0.25, -0.2) is 4.39 Å². The first-order valence-corrected chi connectivity index (χ1v) is 6.90. The molecule has 0 fully saturated rings. The summed E-state index contributed by atoms with van der Waals surface area (Å²) < 4.78 is 13.1. The molecule has 1 N–H and O–H groups in total. The van der Waals surface area contributed by atoms with E-state index in [2.05, 4.69) is 5.32 Å². The number of nitrogens with one attached hydrogen (secondary N) is 1. The van der Waals surface area contributed by atoms with Gasteiger partial charge in [0.25, 0.3) is 5.91 Å². The quantitative estimate of drug-likeness (QED) is 0.843. The average Bonchev–Trinajstić information content (AvgIpc) is 2.48. The van der Waals surface area contributed by atoms with Gasteiger partial charge in [-0.1, -0.05) is 41.9 Å². The maximum absolute atomic E-state index is 13.1. The highest BCUT2D eigenvalue weighted by Gasteiger charge is 2.15. The fourth-order valence-corrected chi connectivity index (χ4v) is 2.21. The Morgan fingerprint density at radius 1 is 1.20 bits per heavy atom. The summed E-state index contributed by atoms with van der Waals surface area (Å²) in [5.41, 5.74) is 1.20. The summed E-state index contributed by atoms with van der Waals surface area (Å²) >= 11 is 11.6. The van der Waals surface area contributed by atoms with E-state index in [1.54, 1.807) is 0 Å². The molecule has 2 aromatic rings. The fourth-order valence-electron chi connectivity index (χ4n) is 1.78. The van der Waals surface area contributed by atoms with Crippen LogP contribution in [0.1, 0.15) is 22.0 Å². The standard InChI is InChI=1S/C15H12Cl2FNO/c16-9-14(10-4-2-1-3-5-10)19-15(20)11-6-7-13(18)12(17)8-11/h1-8,14H,9H2,(H,19,20). The minimum atomic E-state index is -0.555. The second kappa shape index (κ2) is 6.73. The molecular weight excluding hydrogens is 300 g/mol. The van der Waals surface area contributed by atoms with Gasteiger partial charge in [0.05, 0.1) is 11.1 Å². The Kier molecular flexibility index (Phi) is 4.99. The number of halogens is 3. The van der Waals surface area contributed by atoms with Crippen LogP contribution in [-0.4, -0.2) is 11.8 Å². The molecule has 0 saturated heterocycles. The highest BCUT2D eigenvalue weighted by molar-refractivity contribution is 6.31. The first kappa shape index (κ1) is 14.8. The molecular formula is C15H12Cl2FNO. The smallest absolute Gasteiger partial charge is 0.251 e. The molecule has 1 unspecified atom stereocenters. The molecule has 0 bridgehead atoms. The Morgan fingerprint density at radius 2 is 1.90 bits per heavy atom. The van der Waals surface area contributed by atoms with Crippen molar-refractivity contribution in [2.24, 2.45) is 0 Å². The molecule has 0 aliphatic rings. The van der Waals surface area contributed by atoms with E-state index in [0.29, 0.717) is 5.56 Å². The number of amides is 1. The lowest BCUT2D eigenvalue weighted by molar-refractivity contribution is 0.0940. The van der Waals surface area contributed by atoms with Crippen molar-refractivity contribution in [1.82, 2.24) is 5.32 Å². The van der Waals surface area contributed by atoms with Crippen molar-refractivity contribution >= 4 is 29.1 Å². The number of hydrogen-bond acceptors (Lipinski definition) is 1. The van der Waals surface area contributed by atoms with Gasteiger partial charge in [0.1, 0.15) is 5.82 Å². The Balaban J connectivity index is 2.15. The van der Waals surface area contributed by atoms with Gasteiger partial charge in [0.2, 0.25) is 0 Å². The molecule has 0 spiro atoms. The normalized spacial score (nSPS) is 11.9. The van der Waals surface area contributed by atoms with Crippen LogP contribution in [0.4, 0.5) is 4.39 Å². The average molecular weight is 312 g/mol. The topological polar surface area (TPSA) is 29.1 Å². The molecule has 5 heteroatoms. The molecule has 1 atom stereocenters. The van der Waals surface area contributed by atoms with Gasteiger partial charge in [-0.05, 0) is 23.8 Å². The zero-order valence-electron chi connectivity index (χ0n) is 10.4. The molecule has 20 heavy (non-hydrogen) atoms. The van der Waals surface area contributed by atoms with Crippen LogP contribution in [0.3, 0.4) is 0 Å². The summed E-state index contributed by atoms with van der Waals surface area (Å²) in [6, 6.07) is 12.9. The zero-order chi connectivity index (χ0) is 14.5. The van der Waals surface area contributed by atoms with Crippen LogP contribution in [0.15, 0.2) is 48.5 Å². The van der Waals surface area contributed by atoms with Gasteiger partial charge in [-0.3, -0.25) is 4.79 Å². The fraction of sp³-hybridized carbons (Fsp3) is 0.133. The van der Waals surface area contributed by atoms with Crippen molar-refractivity contribution in [2.45, 2.75) is 6.04 Å². The van der Waals surface area contributed by atoms with E-state index in [9.17, 15) is 9.18 Å². The van der Waals surface area contributed by atoms with Crippen molar-refractivity contribution in [3.8, 4) is 0 Å². The highest BCUT2D eigenvalue weighted by Crippen LogP contribution is 2.18. The largest absolute Gasteiger partial charge is 0.344 e. The van der Waals surface area contributed by atoms with Gasteiger partial charge >= 0.3 is 0 Å². The van der Waals surface area contributed by atoms with E-state index >= 15 is 0 Å². The first-order valence-electron chi connectivity index (χ1n) is 5.98. The molecule has 2 rings (SSSR count). The second-order valence-electron chi connectivity index (χ2n) is 4.22. The Labute approximate surface area is 126 Å². The molecule has 104 valence electrons. The third kappa shape index (κ3) is 3.50. The highest BCUT2D eigenvalue weighted by atomic mass is 35.5. The molecule has 0 saturated carbocycles. The molecule has 2 aromatic carbocycles. The van der Waals surface area contributed by atoms with Crippen molar-refractivity contribution in [3.05, 3.63) is 70.5 Å². The van der Waals surface area contributed by atoms with Gasteiger partial charge in [0.15, 0.2) is 0 Å². The van der Waals surface area contributed by atoms with Crippen LogP contribution in [0.2, 0.25) is 5.02 Å². The number of benzene rings is 2. The zero-order valence-corrected chi connectivity index (χ0v) is 12.0. The maximum atomic E-state index is 13.1. The summed E-state index contributed by atoms with van der Waals surface area (Å²) in [4.78, 5) is 12.1. The monoisotopic (exact) mass is 311 g/mol. The van der Waals surface area contributed by atoms with Gasteiger partial charge in [-0.15, -0.1) is 11.6 Å². The first-order chi connectivity index (χ1) is 9.61. The SMILES string of the molecule is O=C(NC(CCl)c1ccccc1)c1ccc(F)c(Cl)c1. The summed E-state index contributed by atoms with van der Waals surface area (Å²) in [6.45, 7) is 0. The third-order valence-corrected chi connectivity index (χ3v) is 3.44. The number of carbonyl (C=O) groups is 1. The minimum absolute atomic E-state index is 0.0835. The molecule has 0 aliphatic heterocycles. The van der Waals surface area contributed by atoms with Crippen LogP contribution in [0, 0.1) is 5.82 Å².